The SMILES string of the molecule is CN(CC1CC1)C(=O)NC1CCCCC1. The molecule has 0 aromatic rings. The first kappa shape index (κ1) is 10.8. The molecule has 2 fully saturated rings. The van der Waals surface area contributed by atoms with E-state index in [0.717, 1.165) is 12.5 Å². The molecule has 0 saturated heterocycles. The van der Waals surface area contributed by atoms with Gasteiger partial charge in [0, 0.05) is 19.6 Å². The Balaban J connectivity index is 1.69. The van der Waals surface area contributed by atoms with Crippen LogP contribution in [0.4, 0.5) is 4.79 Å². The first-order valence-electron chi connectivity index (χ1n) is 6.27. The summed E-state index contributed by atoms with van der Waals surface area (Å²) in [5.41, 5.74) is 0. The van der Waals surface area contributed by atoms with Crippen LogP contribution in [0.1, 0.15) is 44.9 Å². The molecule has 0 radical (unpaired) electrons. The van der Waals surface area contributed by atoms with E-state index in [2.05, 4.69) is 5.32 Å². The van der Waals surface area contributed by atoms with Crippen molar-refractivity contribution in [2.45, 2.75) is 51.0 Å². The standard InChI is InChI=1S/C12H22N2O/c1-14(9-10-7-8-10)12(15)13-11-5-3-2-4-6-11/h10-11H,2-9H2,1H3,(H,13,15). The first-order valence-corrected chi connectivity index (χ1v) is 6.27. The number of amides is 2. The lowest BCUT2D eigenvalue weighted by atomic mass is 9.96. The molecule has 2 aliphatic carbocycles. The fourth-order valence-corrected chi connectivity index (χ4v) is 2.30. The number of nitrogens with one attached hydrogen (secondary N) is 1. The van der Waals surface area contributed by atoms with Crippen LogP contribution >= 0.6 is 0 Å². The average Bonchev–Trinajstić information content (AvgIpc) is 3.03. The van der Waals surface area contributed by atoms with Crippen LogP contribution < -0.4 is 5.32 Å². The van der Waals surface area contributed by atoms with Gasteiger partial charge >= 0.3 is 6.03 Å². The molecule has 86 valence electrons. The molecule has 15 heavy (non-hydrogen) atoms. The van der Waals surface area contributed by atoms with Gasteiger partial charge in [0.25, 0.3) is 0 Å². The summed E-state index contributed by atoms with van der Waals surface area (Å²) in [6, 6.07) is 0.571. The van der Waals surface area contributed by atoms with E-state index in [9.17, 15) is 4.79 Å². The molecule has 0 bridgehead atoms. The van der Waals surface area contributed by atoms with Crippen molar-refractivity contribution in [1.82, 2.24) is 10.2 Å². The van der Waals surface area contributed by atoms with Crippen molar-refractivity contribution in [2.24, 2.45) is 5.92 Å². The Bertz CT molecular complexity index is 220. The summed E-state index contributed by atoms with van der Waals surface area (Å²) in [5, 5.41) is 3.14. The van der Waals surface area contributed by atoms with E-state index >= 15 is 0 Å². The van der Waals surface area contributed by atoms with Gasteiger partial charge in [-0.3, -0.25) is 0 Å². The van der Waals surface area contributed by atoms with Crippen LogP contribution in [-0.4, -0.2) is 30.6 Å². The third-order valence-electron chi connectivity index (χ3n) is 3.51. The van der Waals surface area contributed by atoms with Crippen molar-refractivity contribution in [3.63, 3.8) is 0 Å². The van der Waals surface area contributed by atoms with Crippen molar-refractivity contribution in [2.75, 3.05) is 13.6 Å². The number of carbonyl (C=O) groups is 1. The van der Waals surface area contributed by atoms with Crippen LogP contribution in [0, 0.1) is 5.92 Å². The predicted octanol–water partition coefficient (Wildman–Crippen LogP) is 2.37. The minimum Gasteiger partial charge on any atom is -0.335 e. The van der Waals surface area contributed by atoms with Gasteiger partial charge in [-0.25, -0.2) is 4.79 Å². The first-order chi connectivity index (χ1) is 7.25. The van der Waals surface area contributed by atoms with Gasteiger partial charge in [0.05, 0.1) is 0 Å². The Morgan fingerprint density at radius 2 is 1.87 bits per heavy atom. The largest absolute Gasteiger partial charge is 0.335 e. The molecule has 3 nitrogen and oxygen atoms in total. The van der Waals surface area contributed by atoms with Crippen LogP contribution in [0.15, 0.2) is 0 Å². The monoisotopic (exact) mass is 210 g/mol. The smallest absolute Gasteiger partial charge is 0.317 e. The lowest BCUT2D eigenvalue weighted by molar-refractivity contribution is 0.198. The molecule has 0 heterocycles. The zero-order chi connectivity index (χ0) is 10.7. The maximum Gasteiger partial charge on any atom is 0.317 e. The molecule has 3 heteroatoms. The van der Waals surface area contributed by atoms with E-state index < -0.39 is 0 Å². The van der Waals surface area contributed by atoms with Gasteiger partial charge in [-0.2, -0.15) is 0 Å². The highest BCUT2D eigenvalue weighted by Gasteiger charge is 2.25. The van der Waals surface area contributed by atoms with Gasteiger partial charge in [0.1, 0.15) is 0 Å². The summed E-state index contributed by atoms with van der Waals surface area (Å²) in [6.07, 6.45) is 8.84. The van der Waals surface area contributed by atoms with Gasteiger partial charge in [-0.05, 0) is 31.6 Å². The molecule has 0 unspecified atom stereocenters. The fraction of sp³-hybridized carbons (Fsp3) is 0.917. The van der Waals surface area contributed by atoms with E-state index in [0.29, 0.717) is 6.04 Å². The molecule has 0 aliphatic heterocycles. The second kappa shape index (κ2) is 4.86. The number of hydrogen-bond acceptors (Lipinski definition) is 1. The summed E-state index contributed by atoms with van der Waals surface area (Å²) < 4.78 is 0. The van der Waals surface area contributed by atoms with Crippen LogP contribution in [0.2, 0.25) is 0 Å². The van der Waals surface area contributed by atoms with Crippen LogP contribution in [0.3, 0.4) is 0 Å². The molecule has 2 saturated carbocycles. The Labute approximate surface area is 92.2 Å². The third-order valence-corrected chi connectivity index (χ3v) is 3.51. The highest BCUT2D eigenvalue weighted by atomic mass is 16.2. The van der Waals surface area contributed by atoms with Crippen LogP contribution in [0.25, 0.3) is 0 Å². The quantitative estimate of drug-likeness (QED) is 0.762. The van der Waals surface area contributed by atoms with E-state index in [1.54, 1.807) is 0 Å². The Morgan fingerprint density at radius 3 is 2.47 bits per heavy atom. The van der Waals surface area contributed by atoms with E-state index in [4.69, 9.17) is 0 Å². The molecular weight excluding hydrogens is 188 g/mol. The van der Waals surface area contributed by atoms with Gasteiger partial charge in [0.15, 0.2) is 0 Å². The molecular formula is C12H22N2O. The van der Waals surface area contributed by atoms with Gasteiger partial charge in [-0.1, -0.05) is 19.3 Å². The molecule has 0 aromatic heterocycles. The normalized spacial score (nSPS) is 22.5. The molecule has 2 rings (SSSR count). The van der Waals surface area contributed by atoms with Crippen molar-refractivity contribution in [3.05, 3.63) is 0 Å². The summed E-state index contributed by atoms with van der Waals surface area (Å²) in [7, 11) is 1.91. The van der Waals surface area contributed by atoms with Crippen LogP contribution in [0.5, 0.6) is 0 Å². The zero-order valence-electron chi connectivity index (χ0n) is 9.67. The number of urea groups is 1. The van der Waals surface area contributed by atoms with Gasteiger partial charge in [-0.15, -0.1) is 0 Å². The summed E-state index contributed by atoms with van der Waals surface area (Å²) in [6.45, 7) is 0.943. The lowest BCUT2D eigenvalue weighted by Gasteiger charge is -2.26. The maximum absolute atomic E-state index is 11.8. The van der Waals surface area contributed by atoms with Gasteiger partial charge in [0.2, 0.25) is 0 Å². The molecule has 2 amide bonds. The summed E-state index contributed by atoms with van der Waals surface area (Å²) >= 11 is 0. The van der Waals surface area contributed by atoms with E-state index in [1.165, 1.54) is 44.9 Å². The number of hydrogen-bond donors (Lipinski definition) is 1. The summed E-state index contributed by atoms with van der Waals surface area (Å²) in [5.74, 6) is 0.784. The number of rotatable bonds is 3. The number of carbonyl (C=O) groups excluding carboxylic acids is 1. The molecule has 0 atom stereocenters. The van der Waals surface area contributed by atoms with Crippen molar-refractivity contribution in [3.8, 4) is 0 Å². The lowest BCUT2D eigenvalue weighted by Crippen LogP contribution is -2.44. The van der Waals surface area contributed by atoms with Gasteiger partial charge < -0.3 is 10.2 Å². The highest BCUT2D eigenvalue weighted by Crippen LogP contribution is 2.29. The zero-order valence-corrected chi connectivity index (χ0v) is 9.67. The van der Waals surface area contributed by atoms with E-state index in [-0.39, 0.29) is 6.03 Å². The van der Waals surface area contributed by atoms with Crippen molar-refractivity contribution >= 4 is 6.03 Å². The van der Waals surface area contributed by atoms with E-state index in [1.807, 2.05) is 11.9 Å². The van der Waals surface area contributed by atoms with Crippen LogP contribution in [-0.2, 0) is 0 Å². The minimum absolute atomic E-state index is 0.133. The fourth-order valence-electron chi connectivity index (χ4n) is 2.30. The van der Waals surface area contributed by atoms with Crippen molar-refractivity contribution in [1.29, 1.82) is 0 Å². The second-order valence-electron chi connectivity index (χ2n) is 5.11. The molecule has 2 aliphatic rings. The predicted molar refractivity (Wildman–Crippen MR) is 60.8 cm³/mol. The Kier molecular flexibility index (Phi) is 3.49. The topological polar surface area (TPSA) is 32.3 Å². The maximum atomic E-state index is 11.8. The minimum atomic E-state index is 0.133. The molecule has 1 N–H and O–H groups in total. The number of nitrogens with zero attached hydrogens (tertiary/aromatic N) is 1. The van der Waals surface area contributed by atoms with Crippen molar-refractivity contribution < 1.29 is 4.79 Å². The third kappa shape index (κ3) is 3.40. The average molecular weight is 210 g/mol. The summed E-state index contributed by atoms with van der Waals surface area (Å²) in [4.78, 5) is 13.6. The molecule has 0 spiro atoms. The Morgan fingerprint density at radius 1 is 1.20 bits per heavy atom. The second-order valence-corrected chi connectivity index (χ2v) is 5.11. The molecule has 0 aromatic carbocycles. The Hall–Kier alpha value is -0.730. The highest BCUT2D eigenvalue weighted by molar-refractivity contribution is 5.74.